The van der Waals surface area contributed by atoms with Gasteiger partial charge in [0.2, 0.25) is 0 Å². The first-order chi connectivity index (χ1) is 6.49. The standard InChI is InChI=1S/C9H9BF3O/c11-10(12,13)7-6-9(14)8-4-2-1-3-5-8/h1-5H,6-7H2/q-1. The molecule has 0 radical (unpaired) electrons. The maximum atomic E-state index is 11.8. The molecular formula is C9H9BF3O-. The van der Waals surface area contributed by atoms with Crippen molar-refractivity contribution in [3.8, 4) is 0 Å². The summed E-state index contributed by atoms with van der Waals surface area (Å²) in [6.45, 7) is -4.85. The predicted octanol–water partition coefficient (Wildman–Crippen LogP) is 3.11. The summed E-state index contributed by atoms with van der Waals surface area (Å²) in [4.78, 5) is 11.2. The van der Waals surface area contributed by atoms with Gasteiger partial charge in [0.15, 0.2) is 5.78 Å². The van der Waals surface area contributed by atoms with Crippen molar-refractivity contribution in [2.45, 2.75) is 12.7 Å². The molecule has 1 rings (SSSR count). The third-order valence-corrected chi connectivity index (χ3v) is 1.79. The molecule has 0 heterocycles. The van der Waals surface area contributed by atoms with Crippen LogP contribution >= 0.6 is 0 Å². The van der Waals surface area contributed by atoms with Crippen molar-refractivity contribution in [2.75, 3.05) is 0 Å². The van der Waals surface area contributed by atoms with E-state index in [2.05, 4.69) is 0 Å². The summed E-state index contributed by atoms with van der Waals surface area (Å²) < 4.78 is 35.5. The fraction of sp³-hybridized carbons (Fsp3) is 0.222. The minimum absolute atomic E-state index is 0.340. The maximum absolute atomic E-state index is 11.8. The molecule has 0 N–H and O–H groups in total. The van der Waals surface area contributed by atoms with Crippen molar-refractivity contribution in [1.82, 2.24) is 0 Å². The van der Waals surface area contributed by atoms with E-state index >= 15 is 0 Å². The summed E-state index contributed by atoms with van der Waals surface area (Å²) in [6, 6.07) is 8.01. The van der Waals surface area contributed by atoms with Gasteiger partial charge in [0.1, 0.15) is 0 Å². The average Bonchev–Trinajstić information content (AvgIpc) is 2.14. The molecule has 14 heavy (non-hydrogen) atoms. The third kappa shape index (κ3) is 3.64. The Morgan fingerprint density at radius 3 is 2.21 bits per heavy atom. The molecule has 0 aliphatic heterocycles. The highest BCUT2D eigenvalue weighted by molar-refractivity contribution is 6.58. The summed E-state index contributed by atoms with van der Waals surface area (Å²) in [7, 11) is 0. The predicted molar refractivity (Wildman–Crippen MR) is 49.3 cm³/mol. The topological polar surface area (TPSA) is 17.1 Å². The summed E-state index contributed by atoms with van der Waals surface area (Å²) >= 11 is 0. The van der Waals surface area contributed by atoms with Crippen LogP contribution in [0.25, 0.3) is 0 Å². The SMILES string of the molecule is O=C(CC[B-](F)(F)F)c1ccccc1. The van der Waals surface area contributed by atoms with Gasteiger partial charge in [-0.25, -0.2) is 0 Å². The Hall–Kier alpha value is -1.26. The average molecular weight is 201 g/mol. The zero-order valence-electron chi connectivity index (χ0n) is 7.42. The largest absolute Gasteiger partial charge is 0.478 e. The van der Waals surface area contributed by atoms with Crippen LogP contribution in [0.5, 0.6) is 0 Å². The zero-order chi connectivity index (χ0) is 10.6. The number of hydrogen-bond acceptors (Lipinski definition) is 1. The molecule has 0 bridgehead atoms. The Morgan fingerprint density at radius 1 is 1.14 bits per heavy atom. The van der Waals surface area contributed by atoms with Crippen molar-refractivity contribution in [3.05, 3.63) is 35.9 Å². The highest BCUT2D eigenvalue weighted by Crippen LogP contribution is 2.18. The van der Waals surface area contributed by atoms with E-state index in [1.807, 2.05) is 0 Å². The Bertz CT molecular complexity index is 308. The minimum atomic E-state index is -4.85. The van der Waals surface area contributed by atoms with Crippen LogP contribution in [-0.4, -0.2) is 12.8 Å². The molecule has 0 aromatic heterocycles. The normalized spacial score (nSPS) is 11.4. The molecule has 76 valence electrons. The molecule has 0 fully saturated rings. The van der Waals surface area contributed by atoms with Gasteiger partial charge < -0.3 is 12.9 Å². The maximum Gasteiger partial charge on any atom is 0.478 e. The lowest BCUT2D eigenvalue weighted by atomic mass is 9.82. The highest BCUT2D eigenvalue weighted by Gasteiger charge is 2.23. The molecule has 0 aliphatic rings. The van der Waals surface area contributed by atoms with E-state index in [0.717, 1.165) is 0 Å². The Kier molecular flexibility index (Phi) is 3.33. The summed E-state index contributed by atoms with van der Waals surface area (Å²) in [6.07, 6.45) is -1.44. The van der Waals surface area contributed by atoms with Gasteiger partial charge in [-0.2, -0.15) is 0 Å². The summed E-state index contributed by atoms with van der Waals surface area (Å²) in [5, 5.41) is 0. The van der Waals surface area contributed by atoms with Gasteiger partial charge in [-0.05, 0) is 6.42 Å². The molecule has 1 nitrogen and oxygen atoms in total. The van der Waals surface area contributed by atoms with Gasteiger partial charge in [0, 0.05) is 5.56 Å². The molecule has 1 aromatic rings. The van der Waals surface area contributed by atoms with E-state index in [-0.39, 0.29) is 0 Å². The lowest BCUT2D eigenvalue weighted by molar-refractivity contribution is 0.0985. The van der Waals surface area contributed by atoms with Crippen molar-refractivity contribution >= 4 is 12.8 Å². The van der Waals surface area contributed by atoms with Crippen LogP contribution < -0.4 is 0 Å². The number of carbonyl (C=O) groups is 1. The molecule has 0 saturated heterocycles. The van der Waals surface area contributed by atoms with Gasteiger partial charge in [-0.3, -0.25) is 4.79 Å². The van der Waals surface area contributed by atoms with Crippen molar-refractivity contribution in [1.29, 1.82) is 0 Å². The van der Waals surface area contributed by atoms with Crippen LogP contribution in [-0.2, 0) is 0 Å². The summed E-state index contributed by atoms with van der Waals surface area (Å²) in [5.41, 5.74) is 0.340. The second-order valence-electron chi connectivity index (χ2n) is 3.04. The molecule has 1 aromatic carbocycles. The number of benzene rings is 1. The van der Waals surface area contributed by atoms with Crippen LogP contribution in [0.1, 0.15) is 16.8 Å². The van der Waals surface area contributed by atoms with Crippen molar-refractivity contribution in [3.63, 3.8) is 0 Å². The highest BCUT2D eigenvalue weighted by atomic mass is 19.4. The number of rotatable bonds is 4. The second kappa shape index (κ2) is 4.31. The first-order valence-corrected chi connectivity index (χ1v) is 4.28. The Morgan fingerprint density at radius 2 is 1.71 bits per heavy atom. The van der Waals surface area contributed by atoms with E-state index in [0.29, 0.717) is 5.56 Å². The van der Waals surface area contributed by atoms with Gasteiger partial charge in [0.25, 0.3) is 0 Å². The van der Waals surface area contributed by atoms with Crippen molar-refractivity contribution in [2.24, 2.45) is 0 Å². The molecular weight excluding hydrogens is 192 g/mol. The molecule has 0 spiro atoms. The van der Waals surface area contributed by atoms with Crippen LogP contribution in [0.4, 0.5) is 12.9 Å². The lowest BCUT2D eigenvalue weighted by Gasteiger charge is -2.11. The number of halogens is 3. The first-order valence-electron chi connectivity index (χ1n) is 4.28. The van der Waals surface area contributed by atoms with Crippen LogP contribution in [0.2, 0.25) is 6.32 Å². The molecule has 0 aliphatic carbocycles. The monoisotopic (exact) mass is 201 g/mol. The second-order valence-corrected chi connectivity index (χ2v) is 3.04. The van der Waals surface area contributed by atoms with Gasteiger partial charge in [0.05, 0.1) is 0 Å². The zero-order valence-corrected chi connectivity index (χ0v) is 7.42. The van der Waals surface area contributed by atoms with E-state index in [1.54, 1.807) is 18.2 Å². The smallest absolute Gasteiger partial charge is 0.449 e. The quantitative estimate of drug-likeness (QED) is 0.540. The Labute approximate surface area is 80.0 Å². The fourth-order valence-corrected chi connectivity index (χ4v) is 1.06. The first kappa shape index (κ1) is 10.8. The molecule has 5 heteroatoms. The van der Waals surface area contributed by atoms with Gasteiger partial charge >= 0.3 is 6.98 Å². The van der Waals surface area contributed by atoms with Crippen LogP contribution in [0, 0.1) is 0 Å². The van der Waals surface area contributed by atoms with Crippen LogP contribution in [0.15, 0.2) is 30.3 Å². The Balaban J connectivity index is 2.52. The number of Topliss-reactive ketones (excluding diaryl/α,β-unsaturated/α-hetero) is 1. The number of hydrogen-bond donors (Lipinski definition) is 0. The lowest BCUT2D eigenvalue weighted by Crippen LogP contribution is -2.16. The van der Waals surface area contributed by atoms with Gasteiger partial charge in [-0.1, -0.05) is 36.7 Å². The number of ketones is 1. The van der Waals surface area contributed by atoms with Gasteiger partial charge in [-0.15, -0.1) is 0 Å². The molecule has 0 unspecified atom stereocenters. The third-order valence-electron chi connectivity index (χ3n) is 1.79. The molecule has 0 atom stereocenters. The van der Waals surface area contributed by atoms with E-state index in [1.165, 1.54) is 12.1 Å². The summed E-state index contributed by atoms with van der Waals surface area (Å²) in [5.74, 6) is -0.454. The van der Waals surface area contributed by atoms with E-state index < -0.39 is 25.5 Å². The molecule has 0 saturated carbocycles. The fourth-order valence-electron chi connectivity index (χ4n) is 1.06. The number of carbonyl (C=O) groups excluding carboxylic acids is 1. The van der Waals surface area contributed by atoms with Crippen molar-refractivity contribution < 1.29 is 17.7 Å². The van der Waals surface area contributed by atoms with E-state index in [4.69, 9.17) is 0 Å². The van der Waals surface area contributed by atoms with Crippen LogP contribution in [0.3, 0.4) is 0 Å². The minimum Gasteiger partial charge on any atom is -0.449 e. The van der Waals surface area contributed by atoms with E-state index in [9.17, 15) is 17.7 Å². The molecule has 0 amide bonds.